The summed E-state index contributed by atoms with van der Waals surface area (Å²) in [6.45, 7) is 2.09. The number of benzene rings is 1. The van der Waals surface area contributed by atoms with Crippen LogP contribution in [0, 0.1) is 18.7 Å². The van der Waals surface area contributed by atoms with Crippen molar-refractivity contribution in [1.29, 1.82) is 0 Å². The van der Waals surface area contributed by atoms with E-state index in [1.165, 1.54) is 12.1 Å². The summed E-state index contributed by atoms with van der Waals surface area (Å²) >= 11 is 0. The third kappa shape index (κ3) is 6.08. The van der Waals surface area contributed by atoms with E-state index in [-0.39, 0.29) is 36.4 Å². The van der Waals surface area contributed by atoms with E-state index in [9.17, 15) is 19.1 Å². The maximum absolute atomic E-state index is 12.9. The van der Waals surface area contributed by atoms with Gasteiger partial charge in [0.05, 0.1) is 18.6 Å². The van der Waals surface area contributed by atoms with E-state index >= 15 is 0 Å². The summed E-state index contributed by atoms with van der Waals surface area (Å²) in [4.78, 5) is 28.6. The number of aromatic nitrogens is 2. The Morgan fingerprint density at radius 2 is 2.03 bits per heavy atom. The van der Waals surface area contributed by atoms with Crippen molar-refractivity contribution in [2.45, 2.75) is 51.2 Å². The minimum atomic E-state index is -0.795. The first kappa shape index (κ1) is 20.9. The van der Waals surface area contributed by atoms with Crippen molar-refractivity contribution in [2.75, 3.05) is 6.54 Å². The van der Waals surface area contributed by atoms with Gasteiger partial charge in [-0.2, -0.15) is 4.98 Å². The fourth-order valence-electron chi connectivity index (χ4n) is 3.48. The molecular weight excluding hydrogens is 379 g/mol. The molecule has 3 N–H and O–H groups in total. The van der Waals surface area contributed by atoms with Gasteiger partial charge >= 0.3 is 0 Å². The van der Waals surface area contributed by atoms with Crippen molar-refractivity contribution in [3.63, 3.8) is 0 Å². The van der Waals surface area contributed by atoms with Crippen LogP contribution in [-0.2, 0) is 22.4 Å². The molecule has 156 valence electrons. The molecule has 0 bridgehead atoms. The number of nitrogens with one attached hydrogen (secondary N) is 2. The lowest BCUT2D eigenvalue weighted by Gasteiger charge is -2.33. The highest BCUT2D eigenvalue weighted by molar-refractivity contribution is 5.80. The van der Waals surface area contributed by atoms with Crippen LogP contribution in [0.15, 0.2) is 28.8 Å². The predicted octanol–water partition coefficient (Wildman–Crippen LogP) is 1.06. The Balaban J connectivity index is 1.40. The van der Waals surface area contributed by atoms with Gasteiger partial charge in [-0.05, 0) is 37.0 Å². The van der Waals surface area contributed by atoms with Crippen molar-refractivity contribution in [3.8, 4) is 0 Å². The first-order valence-electron chi connectivity index (χ1n) is 9.69. The standard InChI is InChI=1S/C20H25FN4O4/c1-12-23-18(25-29-12)8-9-22-20(28)14-4-7-16(17(26)11-14)24-19(27)10-13-2-5-15(21)6-3-13/h2-3,5-6,14,16-17,26H,4,7-11H2,1H3,(H,22,28)(H,24,27)/t14-,16-,17-/m0/s1. The molecule has 1 aliphatic carbocycles. The van der Waals surface area contributed by atoms with Gasteiger partial charge < -0.3 is 20.3 Å². The van der Waals surface area contributed by atoms with Gasteiger partial charge in [-0.15, -0.1) is 0 Å². The summed E-state index contributed by atoms with van der Waals surface area (Å²) in [5, 5.41) is 19.8. The zero-order valence-corrected chi connectivity index (χ0v) is 16.2. The van der Waals surface area contributed by atoms with Gasteiger partial charge in [0.25, 0.3) is 0 Å². The van der Waals surface area contributed by atoms with Crippen LogP contribution in [0.2, 0.25) is 0 Å². The summed E-state index contributed by atoms with van der Waals surface area (Å²) in [6.07, 6.45) is 1.17. The van der Waals surface area contributed by atoms with Gasteiger partial charge in [-0.3, -0.25) is 9.59 Å². The van der Waals surface area contributed by atoms with Gasteiger partial charge in [-0.1, -0.05) is 17.3 Å². The lowest BCUT2D eigenvalue weighted by molar-refractivity contribution is -0.128. The Labute approximate surface area is 167 Å². The number of aryl methyl sites for hydroxylation is 1. The largest absolute Gasteiger partial charge is 0.391 e. The van der Waals surface area contributed by atoms with Crippen molar-refractivity contribution in [1.82, 2.24) is 20.8 Å². The van der Waals surface area contributed by atoms with Crippen molar-refractivity contribution >= 4 is 11.8 Å². The molecular formula is C20H25FN4O4. The second kappa shape index (κ2) is 9.60. The molecule has 1 aromatic carbocycles. The van der Waals surface area contributed by atoms with E-state index in [1.54, 1.807) is 19.1 Å². The molecule has 1 heterocycles. The normalized spacial score (nSPS) is 21.6. The van der Waals surface area contributed by atoms with Crippen LogP contribution in [-0.4, -0.2) is 45.8 Å². The lowest BCUT2D eigenvalue weighted by atomic mass is 9.83. The lowest BCUT2D eigenvalue weighted by Crippen LogP contribution is -2.49. The summed E-state index contributed by atoms with van der Waals surface area (Å²) in [7, 11) is 0. The average Bonchev–Trinajstić information content (AvgIpc) is 3.10. The number of amides is 2. The Hall–Kier alpha value is -2.81. The second-order valence-electron chi connectivity index (χ2n) is 7.33. The van der Waals surface area contributed by atoms with Gasteiger partial charge in [0, 0.05) is 25.8 Å². The maximum Gasteiger partial charge on any atom is 0.224 e. The third-order valence-electron chi connectivity index (χ3n) is 5.03. The number of halogens is 1. The van der Waals surface area contributed by atoms with Crippen LogP contribution in [0.5, 0.6) is 0 Å². The quantitative estimate of drug-likeness (QED) is 0.635. The van der Waals surface area contributed by atoms with Gasteiger partial charge in [0.15, 0.2) is 5.82 Å². The van der Waals surface area contributed by atoms with Crippen LogP contribution >= 0.6 is 0 Å². The molecule has 9 heteroatoms. The van der Waals surface area contributed by atoms with Crippen molar-refractivity contribution in [2.24, 2.45) is 5.92 Å². The topological polar surface area (TPSA) is 117 Å². The smallest absolute Gasteiger partial charge is 0.224 e. The van der Waals surface area contributed by atoms with Crippen LogP contribution < -0.4 is 10.6 Å². The second-order valence-corrected chi connectivity index (χ2v) is 7.33. The molecule has 29 heavy (non-hydrogen) atoms. The highest BCUT2D eigenvalue weighted by Crippen LogP contribution is 2.25. The Bertz CT molecular complexity index is 839. The Morgan fingerprint density at radius 3 is 2.69 bits per heavy atom. The Kier molecular flexibility index (Phi) is 6.92. The molecule has 2 amide bonds. The number of aliphatic hydroxyl groups is 1. The van der Waals surface area contributed by atoms with E-state index in [2.05, 4.69) is 20.8 Å². The molecule has 0 radical (unpaired) electrons. The minimum absolute atomic E-state index is 0.114. The molecule has 2 aromatic rings. The van der Waals surface area contributed by atoms with Crippen LogP contribution in [0.1, 0.15) is 36.5 Å². The van der Waals surface area contributed by atoms with E-state index in [0.717, 1.165) is 0 Å². The fourth-order valence-corrected chi connectivity index (χ4v) is 3.48. The van der Waals surface area contributed by atoms with Gasteiger partial charge in [0.2, 0.25) is 17.7 Å². The zero-order valence-electron chi connectivity index (χ0n) is 16.2. The SMILES string of the molecule is Cc1nc(CCNC(=O)[C@H]2CC[C@H](NC(=O)Cc3ccc(F)cc3)[C@@H](O)C2)no1. The highest BCUT2D eigenvalue weighted by atomic mass is 19.1. The molecule has 1 aliphatic rings. The van der Waals surface area contributed by atoms with E-state index < -0.39 is 12.1 Å². The van der Waals surface area contributed by atoms with Crippen LogP contribution in [0.3, 0.4) is 0 Å². The summed E-state index contributed by atoms with van der Waals surface area (Å²) < 4.78 is 17.8. The zero-order chi connectivity index (χ0) is 20.8. The molecule has 1 aromatic heterocycles. The number of aliphatic hydroxyl groups excluding tert-OH is 1. The number of hydrogen-bond donors (Lipinski definition) is 3. The fraction of sp³-hybridized carbons (Fsp3) is 0.500. The molecule has 1 fully saturated rings. The predicted molar refractivity (Wildman–Crippen MR) is 101 cm³/mol. The molecule has 1 saturated carbocycles. The summed E-state index contributed by atoms with van der Waals surface area (Å²) in [5.74, 6) is -0.000170. The molecule has 0 saturated heterocycles. The third-order valence-corrected chi connectivity index (χ3v) is 5.03. The molecule has 0 unspecified atom stereocenters. The number of hydrogen-bond acceptors (Lipinski definition) is 6. The minimum Gasteiger partial charge on any atom is -0.391 e. The number of carbonyl (C=O) groups excluding carboxylic acids is 2. The summed E-state index contributed by atoms with van der Waals surface area (Å²) in [6, 6.07) is 5.34. The molecule has 0 spiro atoms. The number of rotatable bonds is 7. The van der Waals surface area contributed by atoms with Crippen LogP contribution in [0.25, 0.3) is 0 Å². The number of carbonyl (C=O) groups is 2. The summed E-state index contributed by atoms with van der Waals surface area (Å²) in [5.41, 5.74) is 0.697. The molecule has 3 rings (SSSR count). The molecule has 3 atom stereocenters. The van der Waals surface area contributed by atoms with Gasteiger partial charge in [0.1, 0.15) is 5.82 Å². The first-order valence-corrected chi connectivity index (χ1v) is 9.69. The first-order chi connectivity index (χ1) is 13.9. The van der Waals surface area contributed by atoms with Crippen LogP contribution in [0.4, 0.5) is 4.39 Å². The maximum atomic E-state index is 12.9. The van der Waals surface area contributed by atoms with Crippen molar-refractivity contribution < 1.29 is 23.6 Å². The van der Waals surface area contributed by atoms with E-state index in [4.69, 9.17) is 4.52 Å². The van der Waals surface area contributed by atoms with Gasteiger partial charge in [-0.25, -0.2) is 4.39 Å². The highest BCUT2D eigenvalue weighted by Gasteiger charge is 2.33. The Morgan fingerprint density at radius 1 is 1.28 bits per heavy atom. The molecule has 0 aliphatic heterocycles. The average molecular weight is 404 g/mol. The van der Waals surface area contributed by atoms with E-state index in [1.807, 2.05) is 0 Å². The van der Waals surface area contributed by atoms with Crippen molar-refractivity contribution in [3.05, 3.63) is 47.4 Å². The molecule has 8 nitrogen and oxygen atoms in total. The van der Waals surface area contributed by atoms with E-state index in [0.29, 0.717) is 43.1 Å². The monoisotopic (exact) mass is 404 g/mol. The number of nitrogens with zero attached hydrogens (tertiary/aromatic N) is 2.